The van der Waals surface area contributed by atoms with Gasteiger partial charge >= 0.3 is 6.18 Å². The average Bonchev–Trinajstić information content (AvgIpc) is 2.47. The van der Waals surface area contributed by atoms with Crippen LogP contribution in [0.3, 0.4) is 0 Å². The summed E-state index contributed by atoms with van der Waals surface area (Å²) in [5, 5.41) is 2.68. The highest BCUT2D eigenvalue weighted by Gasteiger charge is 2.39. The quantitative estimate of drug-likeness (QED) is 0.840. The van der Waals surface area contributed by atoms with Crippen molar-refractivity contribution in [2.45, 2.75) is 45.3 Å². The van der Waals surface area contributed by atoms with E-state index in [2.05, 4.69) is 10.3 Å². The topological polar surface area (TPSA) is 34.1 Å². The van der Waals surface area contributed by atoms with Crippen LogP contribution in [0.4, 0.5) is 22.0 Å². The molecule has 2 heterocycles. The summed E-state index contributed by atoms with van der Waals surface area (Å²) in [5.74, 6) is -3.00. The van der Waals surface area contributed by atoms with Crippen molar-refractivity contribution < 1.29 is 26.7 Å². The van der Waals surface area contributed by atoms with Gasteiger partial charge in [0.2, 0.25) is 5.88 Å². The minimum Gasteiger partial charge on any atom is -0.476 e. The lowest BCUT2D eigenvalue weighted by atomic mass is 9.91. The molecule has 0 bridgehead atoms. The second kappa shape index (κ2) is 7.90. The molecule has 8 heteroatoms. The number of hydrogen-bond donors (Lipinski definition) is 1. The first-order valence-corrected chi connectivity index (χ1v) is 7.45. The minimum absolute atomic E-state index is 0.0364. The molecular weight excluding hydrogens is 319 g/mol. The van der Waals surface area contributed by atoms with Gasteiger partial charge in [0, 0.05) is 24.7 Å². The normalized spacial score (nSPS) is 23.7. The predicted molar refractivity (Wildman–Crippen MR) is 76.6 cm³/mol. The van der Waals surface area contributed by atoms with Gasteiger partial charge in [-0.05, 0) is 12.0 Å². The average molecular weight is 340 g/mol. The molecular formula is C15H21F5N2O. The van der Waals surface area contributed by atoms with E-state index < -0.39 is 24.2 Å². The van der Waals surface area contributed by atoms with Gasteiger partial charge in [-0.3, -0.25) is 0 Å². The lowest BCUT2D eigenvalue weighted by molar-refractivity contribution is -0.137. The largest absolute Gasteiger partial charge is 0.476 e. The molecule has 0 amide bonds. The first-order chi connectivity index (χ1) is 10.7. The van der Waals surface area contributed by atoms with Crippen molar-refractivity contribution in [1.29, 1.82) is 0 Å². The number of pyridine rings is 1. The highest BCUT2D eigenvalue weighted by molar-refractivity contribution is 5.20. The number of rotatable bonds is 3. The van der Waals surface area contributed by atoms with Crippen molar-refractivity contribution in [3.05, 3.63) is 23.9 Å². The van der Waals surface area contributed by atoms with Crippen LogP contribution in [-0.4, -0.2) is 30.1 Å². The van der Waals surface area contributed by atoms with Gasteiger partial charge < -0.3 is 10.1 Å². The molecule has 1 aromatic rings. The summed E-state index contributed by atoms with van der Waals surface area (Å²) in [4.78, 5) is 3.57. The van der Waals surface area contributed by atoms with Gasteiger partial charge in [-0.15, -0.1) is 0 Å². The van der Waals surface area contributed by atoms with Gasteiger partial charge in [0.1, 0.15) is 6.61 Å². The van der Waals surface area contributed by atoms with Gasteiger partial charge in [-0.1, -0.05) is 20.8 Å². The molecule has 0 radical (unpaired) electrons. The first-order valence-electron chi connectivity index (χ1n) is 7.45. The molecule has 1 aliphatic rings. The van der Waals surface area contributed by atoms with Gasteiger partial charge in [0.05, 0.1) is 12.1 Å². The molecule has 23 heavy (non-hydrogen) atoms. The van der Waals surface area contributed by atoms with E-state index in [-0.39, 0.29) is 30.9 Å². The van der Waals surface area contributed by atoms with Crippen LogP contribution in [0.1, 0.15) is 32.8 Å². The molecule has 3 nitrogen and oxygen atoms in total. The minimum atomic E-state index is -4.45. The van der Waals surface area contributed by atoms with Crippen molar-refractivity contribution in [1.82, 2.24) is 10.3 Å². The number of halogens is 5. The highest BCUT2D eigenvalue weighted by Crippen LogP contribution is 2.30. The lowest BCUT2D eigenvalue weighted by Gasteiger charge is -2.34. The Morgan fingerprint density at radius 1 is 1.30 bits per heavy atom. The Labute approximate surface area is 132 Å². The van der Waals surface area contributed by atoms with Gasteiger partial charge in [-0.25, -0.2) is 13.8 Å². The summed E-state index contributed by atoms with van der Waals surface area (Å²) >= 11 is 0. The van der Waals surface area contributed by atoms with Crippen LogP contribution in [0.2, 0.25) is 0 Å². The van der Waals surface area contributed by atoms with Crippen LogP contribution >= 0.6 is 0 Å². The van der Waals surface area contributed by atoms with E-state index in [1.807, 2.05) is 13.8 Å². The molecule has 132 valence electrons. The van der Waals surface area contributed by atoms with Crippen molar-refractivity contribution >= 4 is 0 Å². The fourth-order valence-electron chi connectivity index (χ4n) is 2.20. The number of alkyl halides is 5. The fourth-order valence-corrected chi connectivity index (χ4v) is 2.20. The van der Waals surface area contributed by atoms with Crippen molar-refractivity contribution in [2.75, 3.05) is 13.2 Å². The third-order valence-corrected chi connectivity index (χ3v) is 3.40. The maximum Gasteiger partial charge on any atom is 0.417 e. The van der Waals surface area contributed by atoms with E-state index >= 15 is 0 Å². The summed E-state index contributed by atoms with van der Waals surface area (Å²) in [6.07, 6.45) is -4.01. The number of aromatic nitrogens is 1. The molecule has 0 aromatic carbocycles. The van der Waals surface area contributed by atoms with E-state index in [1.54, 1.807) is 6.92 Å². The number of nitrogens with zero attached hydrogens (tertiary/aromatic N) is 1. The standard InChI is InChI=1S/C13H15F5N2O.C2H6/c1-8-4-12(14,15)7-20-10(8)6-21-11-3-2-9(5-19-11)13(16,17)18;1-2/h2-3,5,8,10,20H,4,6-7H2,1H3;1-2H3/t8-,10-;/m1./s1. The molecule has 0 spiro atoms. The maximum absolute atomic E-state index is 13.1. The molecule has 1 fully saturated rings. The SMILES string of the molecule is CC.C[C@@H]1CC(F)(F)CN[C@@H]1COc1ccc(C(F)(F)F)cn1. The van der Waals surface area contributed by atoms with Crippen molar-refractivity contribution in [3.63, 3.8) is 0 Å². The Morgan fingerprint density at radius 3 is 2.43 bits per heavy atom. The second-order valence-electron chi connectivity index (χ2n) is 5.22. The zero-order valence-corrected chi connectivity index (χ0v) is 13.3. The molecule has 0 saturated carbocycles. The Kier molecular flexibility index (Phi) is 6.73. The Balaban J connectivity index is 0.00000127. The van der Waals surface area contributed by atoms with Crippen LogP contribution in [0.5, 0.6) is 5.88 Å². The van der Waals surface area contributed by atoms with E-state index in [9.17, 15) is 22.0 Å². The zero-order valence-electron chi connectivity index (χ0n) is 13.3. The molecule has 1 N–H and O–H groups in total. The van der Waals surface area contributed by atoms with Crippen LogP contribution in [0, 0.1) is 5.92 Å². The first kappa shape index (κ1) is 19.6. The van der Waals surface area contributed by atoms with Gasteiger partial charge in [0.25, 0.3) is 5.92 Å². The Bertz CT molecular complexity index is 476. The Morgan fingerprint density at radius 2 is 1.96 bits per heavy atom. The molecule has 1 aromatic heterocycles. The lowest BCUT2D eigenvalue weighted by Crippen LogP contribution is -2.52. The summed E-state index contributed by atoms with van der Waals surface area (Å²) < 4.78 is 68.6. The number of hydrogen-bond acceptors (Lipinski definition) is 3. The fraction of sp³-hybridized carbons (Fsp3) is 0.667. The maximum atomic E-state index is 13.1. The van der Waals surface area contributed by atoms with Crippen LogP contribution < -0.4 is 10.1 Å². The zero-order chi connectivity index (χ0) is 17.7. The summed E-state index contributed by atoms with van der Waals surface area (Å²) in [6.45, 7) is 5.33. The monoisotopic (exact) mass is 340 g/mol. The van der Waals surface area contributed by atoms with E-state index in [1.165, 1.54) is 0 Å². The molecule has 2 atom stereocenters. The smallest absolute Gasteiger partial charge is 0.417 e. The summed E-state index contributed by atoms with van der Waals surface area (Å²) in [6, 6.07) is 1.70. The predicted octanol–water partition coefficient (Wildman–Crippen LogP) is 4.14. The molecule has 1 aliphatic heterocycles. The highest BCUT2D eigenvalue weighted by atomic mass is 19.4. The van der Waals surface area contributed by atoms with E-state index in [0.29, 0.717) is 6.20 Å². The third kappa shape index (κ3) is 5.93. The van der Waals surface area contributed by atoms with E-state index in [0.717, 1.165) is 12.1 Å². The molecule has 0 unspecified atom stereocenters. The number of piperidine rings is 1. The van der Waals surface area contributed by atoms with Crippen molar-refractivity contribution in [3.8, 4) is 5.88 Å². The van der Waals surface area contributed by atoms with Gasteiger partial charge in [0.15, 0.2) is 0 Å². The van der Waals surface area contributed by atoms with E-state index in [4.69, 9.17) is 4.74 Å². The molecule has 0 aliphatic carbocycles. The Hall–Kier alpha value is -1.44. The van der Waals surface area contributed by atoms with Crippen LogP contribution in [0.15, 0.2) is 18.3 Å². The van der Waals surface area contributed by atoms with Crippen LogP contribution in [0.25, 0.3) is 0 Å². The third-order valence-electron chi connectivity index (χ3n) is 3.40. The van der Waals surface area contributed by atoms with Crippen molar-refractivity contribution in [2.24, 2.45) is 5.92 Å². The van der Waals surface area contributed by atoms with Gasteiger partial charge in [-0.2, -0.15) is 13.2 Å². The number of ether oxygens (including phenoxy) is 1. The van der Waals surface area contributed by atoms with Crippen LogP contribution in [-0.2, 0) is 6.18 Å². The second-order valence-corrected chi connectivity index (χ2v) is 5.22. The number of nitrogens with one attached hydrogen (secondary N) is 1. The molecule has 2 rings (SSSR count). The summed E-state index contributed by atoms with van der Waals surface area (Å²) in [5.41, 5.74) is -0.862. The summed E-state index contributed by atoms with van der Waals surface area (Å²) in [7, 11) is 0. The molecule has 1 saturated heterocycles.